The highest BCUT2D eigenvalue weighted by Gasteiger charge is 2.31. The molecule has 4 rings (SSSR count). The van der Waals surface area contributed by atoms with Crippen molar-refractivity contribution in [2.75, 3.05) is 48.4 Å². The Bertz CT molecular complexity index is 1260. The van der Waals surface area contributed by atoms with Gasteiger partial charge in [-0.05, 0) is 38.1 Å². The van der Waals surface area contributed by atoms with Crippen molar-refractivity contribution in [2.24, 2.45) is 0 Å². The van der Waals surface area contributed by atoms with Gasteiger partial charge in [0.15, 0.2) is 0 Å². The van der Waals surface area contributed by atoms with E-state index in [1.54, 1.807) is 19.9 Å². The van der Waals surface area contributed by atoms with E-state index in [9.17, 15) is 23.1 Å². The van der Waals surface area contributed by atoms with Crippen LogP contribution in [0.1, 0.15) is 28.5 Å². The monoisotopic (exact) mass is 516 g/mol. The Morgan fingerprint density at radius 1 is 1.19 bits per heavy atom. The molecular weight excluding hydrogens is 489 g/mol. The van der Waals surface area contributed by atoms with E-state index in [1.165, 1.54) is 18.3 Å². The van der Waals surface area contributed by atoms with Gasteiger partial charge in [0.1, 0.15) is 5.82 Å². The maximum atomic E-state index is 13.1. The summed E-state index contributed by atoms with van der Waals surface area (Å²) in [6.07, 6.45) is -3.12. The average Bonchev–Trinajstić information content (AvgIpc) is 2.89. The molecule has 0 radical (unpaired) electrons. The molecule has 1 fully saturated rings. The number of benzene rings is 1. The topological polar surface area (TPSA) is 113 Å². The molecule has 3 N–H and O–H groups in total. The number of rotatable bonds is 7. The smallest absolute Gasteiger partial charge is 0.394 e. The zero-order valence-corrected chi connectivity index (χ0v) is 20.3. The molecule has 1 saturated heterocycles. The number of alkyl halides is 3. The SMILES string of the molecule is Cc1ncc(NC(=O)c2cccc(C(F)(F)F)c2)cc1-c1cc(N2CCOCC2)nc(N[C@@H](C)CO)n1. The lowest BCUT2D eigenvalue weighted by molar-refractivity contribution is -0.137. The Hall–Kier alpha value is -3.77. The first-order chi connectivity index (χ1) is 17.6. The molecule has 2 aromatic heterocycles. The van der Waals surface area contributed by atoms with Crippen molar-refractivity contribution < 1.29 is 27.8 Å². The summed E-state index contributed by atoms with van der Waals surface area (Å²) in [5.74, 6) is 0.288. The Kier molecular flexibility index (Phi) is 7.89. The molecule has 1 aromatic carbocycles. The molecule has 1 aliphatic rings. The van der Waals surface area contributed by atoms with Crippen LogP contribution in [0.15, 0.2) is 42.6 Å². The molecule has 1 aliphatic heterocycles. The molecule has 0 spiro atoms. The van der Waals surface area contributed by atoms with Gasteiger partial charge >= 0.3 is 6.18 Å². The number of anilines is 3. The van der Waals surface area contributed by atoms with E-state index in [4.69, 9.17) is 4.74 Å². The van der Waals surface area contributed by atoms with E-state index in [0.29, 0.717) is 60.7 Å². The minimum absolute atomic E-state index is 0.113. The molecule has 0 bridgehead atoms. The number of hydrogen-bond donors (Lipinski definition) is 3. The first-order valence-corrected chi connectivity index (χ1v) is 11.7. The summed E-state index contributed by atoms with van der Waals surface area (Å²) >= 11 is 0. The fourth-order valence-corrected chi connectivity index (χ4v) is 3.76. The van der Waals surface area contributed by atoms with Gasteiger partial charge in [0.05, 0.1) is 43.0 Å². The third kappa shape index (κ3) is 6.52. The van der Waals surface area contributed by atoms with Crippen molar-refractivity contribution in [3.05, 3.63) is 59.4 Å². The van der Waals surface area contributed by atoms with Gasteiger partial charge in [-0.15, -0.1) is 0 Å². The minimum Gasteiger partial charge on any atom is -0.394 e. The van der Waals surface area contributed by atoms with Crippen LogP contribution in [0.3, 0.4) is 0 Å². The molecular formula is C25H27F3N6O3. The minimum atomic E-state index is -4.56. The third-order valence-corrected chi connectivity index (χ3v) is 5.77. The molecule has 37 heavy (non-hydrogen) atoms. The average molecular weight is 517 g/mol. The van der Waals surface area contributed by atoms with E-state index in [1.807, 2.05) is 6.07 Å². The number of aryl methyl sites for hydroxylation is 1. The zero-order chi connectivity index (χ0) is 26.6. The lowest BCUT2D eigenvalue weighted by Crippen LogP contribution is -2.37. The normalized spacial score (nSPS) is 14.8. The molecule has 12 heteroatoms. The van der Waals surface area contributed by atoms with Crippen molar-refractivity contribution in [3.8, 4) is 11.3 Å². The van der Waals surface area contributed by atoms with E-state index in [-0.39, 0.29) is 18.2 Å². The van der Waals surface area contributed by atoms with Gasteiger partial charge in [-0.3, -0.25) is 9.78 Å². The summed E-state index contributed by atoms with van der Waals surface area (Å²) < 4.78 is 44.6. The number of nitrogens with zero attached hydrogens (tertiary/aromatic N) is 4. The summed E-state index contributed by atoms with van der Waals surface area (Å²) in [6.45, 7) is 5.89. The van der Waals surface area contributed by atoms with Crippen LogP contribution in [0.2, 0.25) is 0 Å². The number of amides is 1. The number of carbonyl (C=O) groups excluding carboxylic acids is 1. The van der Waals surface area contributed by atoms with Crippen molar-refractivity contribution in [1.29, 1.82) is 0 Å². The highest BCUT2D eigenvalue weighted by Crippen LogP contribution is 2.31. The Morgan fingerprint density at radius 3 is 2.65 bits per heavy atom. The molecule has 196 valence electrons. The Morgan fingerprint density at radius 2 is 1.95 bits per heavy atom. The van der Waals surface area contributed by atoms with Crippen molar-refractivity contribution in [3.63, 3.8) is 0 Å². The second-order valence-corrected chi connectivity index (χ2v) is 8.65. The van der Waals surface area contributed by atoms with Gasteiger partial charge < -0.3 is 25.4 Å². The van der Waals surface area contributed by atoms with Crippen LogP contribution < -0.4 is 15.5 Å². The molecule has 0 saturated carbocycles. The van der Waals surface area contributed by atoms with Gasteiger partial charge in [0, 0.05) is 42.0 Å². The van der Waals surface area contributed by atoms with Crippen LogP contribution in [0, 0.1) is 6.92 Å². The molecule has 1 amide bonds. The van der Waals surface area contributed by atoms with Crippen molar-refractivity contribution >= 4 is 23.4 Å². The number of aliphatic hydroxyl groups is 1. The van der Waals surface area contributed by atoms with Gasteiger partial charge in [-0.2, -0.15) is 18.2 Å². The van der Waals surface area contributed by atoms with Gasteiger partial charge in [-0.25, -0.2) is 4.98 Å². The lowest BCUT2D eigenvalue weighted by atomic mass is 10.1. The number of aromatic nitrogens is 3. The number of nitrogens with one attached hydrogen (secondary N) is 2. The number of aliphatic hydroxyl groups excluding tert-OH is 1. The molecule has 3 aromatic rings. The number of carbonyl (C=O) groups is 1. The summed E-state index contributed by atoms with van der Waals surface area (Å²) in [6, 6.07) is 7.40. The fourth-order valence-electron chi connectivity index (χ4n) is 3.76. The number of halogens is 3. The van der Waals surface area contributed by atoms with Gasteiger partial charge in [0.2, 0.25) is 5.95 Å². The summed E-state index contributed by atoms with van der Waals surface area (Å²) in [4.78, 5) is 28.3. The number of morpholine rings is 1. The highest BCUT2D eigenvalue weighted by atomic mass is 19.4. The summed E-state index contributed by atoms with van der Waals surface area (Å²) in [5.41, 5.74) is 1.04. The number of ether oxygens (including phenoxy) is 1. The Labute approximate surface area is 211 Å². The standard InChI is InChI=1S/C25H27F3N6O3/c1-15(14-35)30-24-32-21(12-22(33-24)34-6-8-37-9-7-34)20-11-19(13-29-16(20)2)31-23(36)17-4-3-5-18(10-17)25(26,27)28/h3-5,10-13,15,35H,6-9,14H2,1-2H3,(H,31,36)(H,30,32,33)/t15-/m0/s1. The fraction of sp³-hybridized carbons (Fsp3) is 0.360. The van der Waals surface area contributed by atoms with Crippen molar-refractivity contribution in [1.82, 2.24) is 15.0 Å². The van der Waals surface area contributed by atoms with E-state index < -0.39 is 17.6 Å². The number of pyridine rings is 1. The highest BCUT2D eigenvalue weighted by molar-refractivity contribution is 6.04. The molecule has 3 heterocycles. The summed E-state index contributed by atoms with van der Waals surface area (Å²) in [7, 11) is 0. The molecule has 0 aliphatic carbocycles. The van der Waals surface area contributed by atoms with Crippen LogP contribution in [-0.4, -0.2) is 64.9 Å². The first-order valence-electron chi connectivity index (χ1n) is 11.7. The third-order valence-electron chi connectivity index (χ3n) is 5.77. The second kappa shape index (κ2) is 11.1. The predicted octanol–water partition coefficient (Wildman–Crippen LogP) is 3.75. The van der Waals surface area contributed by atoms with E-state index in [2.05, 4.69) is 30.5 Å². The predicted molar refractivity (Wildman–Crippen MR) is 133 cm³/mol. The van der Waals surface area contributed by atoms with Crippen LogP contribution in [-0.2, 0) is 10.9 Å². The van der Waals surface area contributed by atoms with Crippen LogP contribution in [0.25, 0.3) is 11.3 Å². The van der Waals surface area contributed by atoms with Gasteiger partial charge in [-0.1, -0.05) is 6.07 Å². The maximum absolute atomic E-state index is 13.1. The van der Waals surface area contributed by atoms with Gasteiger partial charge in [0.25, 0.3) is 5.91 Å². The van der Waals surface area contributed by atoms with Crippen LogP contribution in [0.4, 0.5) is 30.6 Å². The quantitative estimate of drug-likeness (QED) is 0.435. The van der Waals surface area contributed by atoms with Crippen LogP contribution >= 0.6 is 0 Å². The van der Waals surface area contributed by atoms with Crippen molar-refractivity contribution in [2.45, 2.75) is 26.1 Å². The molecule has 0 unspecified atom stereocenters. The summed E-state index contributed by atoms with van der Waals surface area (Å²) in [5, 5.41) is 15.2. The maximum Gasteiger partial charge on any atom is 0.416 e. The first kappa shape index (κ1) is 26.3. The van der Waals surface area contributed by atoms with Crippen LogP contribution in [0.5, 0.6) is 0 Å². The lowest BCUT2D eigenvalue weighted by Gasteiger charge is -2.28. The molecule has 9 nitrogen and oxygen atoms in total. The zero-order valence-electron chi connectivity index (χ0n) is 20.3. The molecule has 1 atom stereocenters. The Balaban J connectivity index is 1.66. The largest absolute Gasteiger partial charge is 0.416 e. The van der Waals surface area contributed by atoms with E-state index in [0.717, 1.165) is 12.1 Å². The second-order valence-electron chi connectivity index (χ2n) is 8.65. The number of hydrogen-bond acceptors (Lipinski definition) is 8. The van der Waals surface area contributed by atoms with E-state index >= 15 is 0 Å².